The van der Waals surface area contributed by atoms with Crippen LogP contribution in [0.1, 0.15) is 23.7 Å². The number of carbonyl (C=O) groups is 1. The van der Waals surface area contributed by atoms with E-state index in [2.05, 4.69) is 26.1 Å². The van der Waals surface area contributed by atoms with E-state index in [1.54, 1.807) is 13.1 Å². The van der Waals surface area contributed by atoms with E-state index in [0.717, 1.165) is 0 Å². The second kappa shape index (κ2) is 3.73. The molecule has 2 aromatic rings. The number of Topliss-reactive ketones (excluding diaryl/α,β-unsaturated/α-hetero) is 1. The van der Waals surface area contributed by atoms with E-state index in [1.807, 2.05) is 0 Å². The summed E-state index contributed by atoms with van der Waals surface area (Å²) in [6.45, 7) is 1.70. The van der Waals surface area contributed by atoms with Crippen LogP contribution in [0.5, 0.6) is 0 Å². The number of nitrogens with one attached hydrogen (secondary N) is 1. The van der Waals surface area contributed by atoms with Crippen molar-refractivity contribution in [2.75, 3.05) is 0 Å². The third kappa shape index (κ3) is 1.56. The zero-order chi connectivity index (χ0) is 11.0. The fourth-order valence-electron chi connectivity index (χ4n) is 1.45. The lowest BCUT2D eigenvalue weighted by Gasteiger charge is -2.04. The molecule has 0 aliphatic carbocycles. The van der Waals surface area contributed by atoms with Gasteiger partial charge in [0.1, 0.15) is 5.82 Å². The number of aromatic nitrogens is 2. The van der Waals surface area contributed by atoms with Crippen LogP contribution in [0.25, 0.3) is 10.9 Å². The van der Waals surface area contributed by atoms with Gasteiger partial charge in [-0.2, -0.15) is 5.10 Å². The monoisotopic (exact) mass is 270 g/mol. The summed E-state index contributed by atoms with van der Waals surface area (Å²) in [5, 5.41) is 7.17. The molecule has 78 valence electrons. The van der Waals surface area contributed by atoms with Crippen molar-refractivity contribution in [3.8, 4) is 0 Å². The Morgan fingerprint density at radius 1 is 1.67 bits per heavy atom. The molecule has 0 fully saturated rings. The highest BCUT2D eigenvalue weighted by Crippen LogP contribution is 2.29. The molecule has 0 atom stereocenters. The fraction of sp³-hybridized carbons (Fsp3) is 0.200. The van der Waals surface area contributed by atoms with Crippen LogP contribution in [0, 0.1) is 5.82 Å². The van der Waals surface area contributed by atoms with Crippen molar-refractivity contribution in [3.63, 3.8) is 0 Å². The zero-order valence-corrected chi connectivity index (χ0v) is 9.56. The lowest BCUT2D eigenvalue weighted by Crippen LogP contribution is -2.02. The number of hydrogen-bond donors (Lipinski definition) is 1. The van der Waals surface area contributed by atoms with Crippen LogP contribution >= 0.6 is 15.9 Å². The number of halogens is 2. The molecule has 3 nitrogen and oxygen atoms in total. The SMILES string of the molecule is CCC(=O)c1c(F)cc2[nH]ncc2c1Br. The molecule has 1 aromatic heterocycles. The Kier molecular flexibility index (Phi) is 2.56. The van der Waals surface area contributed by atoms with Crippen molar-refractivity contribution in [2.45, 2.75) is 13.3 Å². The number of hydrogen-bond acceptors (Lipinski definition) is 2. The predicted molar refractivity (Wildman–Crippen MR) is 58.4 cm³/mol. The van der Waals surface area contributed by atoms with Gasteiger partial charge >= 0.3 is 0 Å². The maximum absolute atomic E-state index is 13.6. The van der Waals surface area contributed by atoms with E-state index in [9.17, 15) is 9.18 Å². The summed E-state index contributed by atoms with van der Waals surface area (Å²) >= 11 is 3.23. The summed E-state index contributed by atoms with van der Waals surface area (Å²) in [5.41, 5.74) is 0.679. The average Bonchev–Trinajstić information content (AvgIpc) is 2.65. The van der Waals surface area contributed by atoms with E-state index in [4.69, 9.17) is 0 Å². The molecule has 2 rings (SSSR count). The third-order valence-electron chi connectivity index (χ3n) is 2.23. The second-order valence-electron chi connectivity index (χ2n) is 3.16. The van der Waals surface area contributed by atoms with Gasteiger partial charge in [-0.05, 0) is 15.9 Å². The van der Waals surface area contributed by atoms with E-state index in [0.29, 0.717) is 15.4 Å². The quantitative estimate of drug-likeness (QED) is 0.853. The molecule has 0 saturated carbocycles. The number of benzene rings is 1. The Morgan fingerprint density at radius 2 is 2.40 bits per heavy atom. The molecule has 0 aliphatic heterocycles. The molecular formula is C10H8BrFN2O. The Labute approximate surface area is 93.8 Å². The van der Waals surface area contributed by atoms with Gasteiger partial charge in [0.25, 0.3) is 0 Å². The van der Waals surface area contributed by atoms with Gasteiger partial charge in [0.2, 0.25) is 0 Å². The van der Waals surface area contributed by atoms with E-state index < -0.39 is 5.82 Å². The molecule has 0 amide bonds. The lowest BCUT2D eigenvalue weighted by molar-refractivity contribution is 0.0983. The van der Waals surface area contributed by atoms with Gasteiger partial charge in [-0.15, -0.1) is 0 Å². The normalized spacial score (nSPS) is 10.9. The van der Waals surface area contributed by atoms with Gasteiger partial charge < -0.3 is 0 Å². The Hall–Kier alpha value is -1.23. The highest BCUT2D eigenvalue weighted by molar-refractivity contribution is 9.10. The Balaban J connectivity index is 2.78. The number of H-pyrrole nitrogens is 1. The number of fused-ring (bicyclic) bond motifs is 1. The first-order chi connectivity index (χ1) is 7.15. The summed E-state index contributed by atoms with van der Waals surface area (Å²) in [5.74, 6) is -0.743. The fourth-order valence-corrected chi connectivity index (χ4v) is 2.18. The van der Waals surface area contributed by atoms with Crippen LogP contribution in [0.3, 0.4) is 0 Å². The first-order valence-corrected chi connectivity index (χ1v) is 5.28. The van der Waals surface area contributed by atoms with Crippen molar-refractivity contribution in [2.24, 2.45) is 0 Å². The molecule has 15 heavy (non-hydrogen) atoms. The predicted octanol–water partition coefficient (Wildman–Crippen LogP) is 3.06. The molecule has 0 saturated heterocycles. The van der Waals surface area contributed by atoms with Crippen molar-refractivity contribution in [1.29, 1.82) is 0 Å². The Morgan fingerprint density at radius 3 is 3.07 bits per heavy atom. The average molecular weight is 271 g/mol. The maximum atomic E-state index is 13.6. The first-order valence-electron chi connectivity index (χ1n) is 4.49. The zero-order valence-electron chi connectivity index (χ0n) is 7.97. The molecule has 0 spiro atoms. The number of aromatic amines is 1. The van der Waals surface area contributed by atoms with Gasteiger partial charge in [0, 0.05) is 22.3 Å². The number of rotatable bonds is 2. The van der Waals surface area contributed by atoms with Crippen molar-refractivity contribution in [1.82, 2.24) is 10.2 Å². The van der Waals surface area contributed by atoms with E-state index in [-0.39, 0.29) is 17.8 Å². The van der Waals surface area contributed by atoms with E-state index in [1.165, 1.54) is 6.07 Å². The molecular weight excluding hydrogens is 263 g/mol. The minimum Gasteiger partial charge on any atom is -0.294 e. The Bertz CT molecular complexity index is 535. The summed E-state index contributed by atoms with van der Waals surface area (Å²) < 4.78 is 14.1. The van der Waals surface area contributed by atoms with Gasteiger partial charge in [-0.1, -0.05) is 6.92 Å². The smallest absolute Gasteiger partial charge is 0.166 e. The highest BCUT2D eigenvalue weighted by atomic mass is 79.9. The van der Waals surface area contributed by atoms with Gasteiger partial charge in [0.15, 0.2) is 5.78 Å². The number of carbonyl (C=O) groups excluding carboxylic acids is 1. The summed E-state index contributed by atoms with van der Waals surface area (Å²) in [4.78, 5) is 11.5. The van der Waals surface area contributed by atoms with Crippen molar-refractivity contribution in [3.05, 3.63) is 28.1 Å². The second-order valence-corrected chi connectivity index (χ2v) is 3.95. The van der Waals surface area contributed by atoms with Crippen LogP contribution < -0.4 is 0 Å². The first kappa shape index (κ1) is 10.3. The van der Waals surface area contributed by atoms with Crippen LogP contribution in [0.2, 0.25) is 0 Å². The van der Waals surface area contributed by atoms with Crippen LogP contribution in [0.15, 0.2) is 16.7 Å². The molecule has 0 aliphatic rings. The molecule has 0 bridgehead atoms. The van der Waals surface area contributed by atoms with Gasteiger partial charge in [-0.3, -0.25) is 9.89 Å². The van der Waals surface area contributed by atoms with E-state index >= 15 is 0 Å². The topological polar surface area (TPSA) is 45.8 Å². The molecule has 1 aromatic carbocycles. The van der Waals surface area contributed by atoms with Crippen LogP contribution in [-0.2, 0) is 0 Å². The molecule has 0 radical (unpaired) electrons. The summed E-state index contributed by atoms with van der Waals surface area (Å²) in [6.07, 6.45) is 1.84. The van der Waals surface area contributed by atoms with Crippen LogP contribution in [-0.4, -0.2) is 16.0 Å². The molecule has 0 unspecified atom stereocenters. The molecule has 1 N–H and O–H groups in total. The van der Waals surface area contributed by atoms with Crippen molar-refractivity contribution < 1.29 is 9.18 Å². The van der Waals surface area contributed by atoms with Gasteiger partial charge in [-0.25, -0.2) is 4.39 Å². The third-order valence-corrected chi connectivity index (χ3v) is 3.06. The maximum Gasteiger partial charge on any atom is 0.166 e. The molecule has 1 heterocycles. The number of nitrogens with zero attached hydrogens (tertiary/aromatic N) is 1. The highest BCUT2D eigenvalue weighted by Gasteiger charge is 2.17. The summed E-state index contributed by atoms with van der Waals surface area (Å²) in [6, 6.07) is 1.29. The lowest BCUT2D eigenvalue weighted by atomic mass is 10.1. The number of ketones is 1. The minimum atomic E-state index is -0.523. The largest absolute Gasteiger partial charge is 0.294 e. The summed E-state index contributed by atoms with van der Waals surface area (Å²) in [7, 11) is 0. The van der Waals surface area contributed by atoms with Crippen LogP contribution in [0.4, 0.5) is 4.39 Å². The molecule has 5 heteroatoms. The van der Waals surface area contributed by atoms with Crippen molar-refractivity contribution >= 4 is 32.6 Å². The minimum absolute atomic E-state index is 0.103. The van der Waals surface area contributed by atoms with Gasteiger partial charge in [0.05, 0.1) is 17.3 Å². The standard InChI is InChI=1S/C10H8BrFN2O/c1-2-8(15)9-6(12)3-7-5(10(9)11)4-13-14-7/h3-4H,2H2,1H3,(H,13,14).